The van der Waals surface area contributed by atoms with Crippen LogP contribution in [0.1, 0.15) is 32.3 Å². The molecule has 106 valence electrons. The van der Waals surface area contributed by atoms with E-state index in [1.54, 1.807) is 0 Å². The summed E-state index contributed by atoms with van der Waals surface area (Å²) < 4.78 is 1.06. The van der Waals surface area contributed by atoms with Gasteiger partial charge in [0.15, 0.2) is 0 Å². The number of anilines is 1. The van der Waals surface area contributed by atoms with Crippen LogP contribution in [0.3, 0.4) is 0 Å². The van der Waals surface area contributed by atoms with Gasteiger partial charge >= 0.3 is 0 Å². The van der Waals surface area contributed by atoms with Crippen molar-refractivity contribution < 1.29 is 4.79 Å². The normalized spacial score (nSPS) is 10.8. The second-order valence-electron chi connectivity index (χ2n) is 4.79. The van der Waals surface area contributed by atoms with Gasteiger partial charge in [0.25, 0.3) is 0 Å². The third-order valence-electron chi connectivity index (χ3n) is 2.89. The maximum absolute atomic E-state index is 12.0. The van der Waals surface area contributed by atoms with E-state index in [0.717, 1.165) is 41.7 Å². The molecule has 0 fully saturated rings. The van der Waals surface area contributed by atoms with Crippen molar-refractivity contribution in [2.24, 2.45) is 0 Å². The van der Waals surface area contributed by atoms with E-state index >= 15 is 0 Å². The molecule has 1 rings (SSSR count). The number of amides is 1. The Labute approximate surface area is 124 Å². The highest BCUT2D eigenvalue weighted by Crippen LogP contribution is 2.19. The number of carbonyl (C=O) groups excluding carboxylic acids is 1. The molecule has 0 saturated heterocycles. The number of aryl methyl sites for hydroxylation is 1. The summed E-state index contributed by atoms with van der Waals surface area (Å²) in [6.45, 7) is 8.70. The summed E-state index contributed by atoms with van der Waals surface area (Å²) in [5.41, 5.74) is 1.98. The molecule has 0 radical (unpaired) electrons. The molecule has 0 atom stereocenters. The second kappa shape index (κ2) is 8.33. The SMILES string of the molecule is CCCN(CCC)CC(=O)Nc1ccc(Br)c(C)c1. The van der Waals surface area contributed by atoms with Gasteiger partial charge in [0.1, 0.15) is 0 Å². The summed E-state index contributed by atoms with van der Waals surface area (Å²) in [5, 5.41) is 2.96. The van der Waals surface area contributed by atoms with E-state index in [1.807, 2.05) is 25.1 Å². The average molecular weight is 327 g/mol. The zero-order valence-electron chi connectivity index (χ0n) is 12.0. The predicted octanol–water partition coefficient (Wildman–Crippen LogP) is 3.82. The number of nitrogens with zero attached hydrogens (tertiary/aromatic N) is 1. The minimum atomic E-state index is 0.0589. The lowest BCUT2D eigenvalue weighted by atomic mass is 10.2. The molecule has 0 spiro atoms. The molecule has 0 unspecified atom stereocenters. The highest BCUT2D eigenvalue weighted by molar-refractivity contribution is 9.10. The molecule has 0 aliphatic heterocycles. The monoisotopic (exact) mass is 326 g/mol. The number of hydrogen-bond donors (Lipinski definition) is 1. The first kappa shape index (κ1) is 16.2. The fourth-order valence-electron chi connectivity index (χ4n) is 2.03. The minimum absolute atomic E-state index is 0.0589. The number of rotatable bonds is 7. The molecule has 0 aliphatic rings. The van der Waals surface area contributed by atoms with Gasteiger partial charge in [-0.15, -0.1) is 0 Å². The molecule has 4 heteroatoms. The lowest BCUT2D eigenvalue weighted by Gasteiger charge is -2.20. The van der Waals surface area contributed by atoms with Gasteiger partial charge in [0, 0.05) is 10.2 Å². The van der Waals surface area contributed by atoms with Crippen LogP contribution < -0.4 is 5.32 Å². The van der Waals surface area contributed by atoms with Gasteiger partial charge in [-0.3, -0.25) is 9.69 Å². The zero-order chi connectivity index (χ0) is 14.3. The van der Waals surface area contributed by atoms with Crippen LogP contribution >= 0.6 is 15.9 Å². The van der Waals surface area contributed by atoms with Gasteiger partial charge in [0.05, 0.1) is 6.54 Å². The Bertz CT molecular complexity index is 415. The van der Waals surface area contributed by atoms with Crippen LogP contribution in [0, 0.1) is 6.92 Å². The van der Waals surface area contributed by atoms with Crippen molar-refractivity contribution in [2.45, 2.75) is 33.6 Å². The predicted molar refractivity (Wildman–Crippen MR) is 84.5 cm³/mol. The van der Waals surface area contributed by atoms with E-state index in [4.69, 9.17) is 0 Å². The summed E-state index contributed by atoms with van der Waals surface area (Å²) in [5.74, 6) is 0.0589. The van der Waals surface area contributed by atoms with Crippen molar-refractivity contribution in [3.05, 3.63) is 28.2 Å². The second-order valence-corrected chi connectivity index (χ2v) is 5.64. The number of halogens is 1. The van der Waals surface area contributed by atoms with E-state index in [2.05, 4.69) is 40.0 Å². The zero-order valence-corrected chi connectivity index (χ0v) is 13.6. The van der Waals surface area contributed by atoms with Crippen molar-refractivity contribution in [1.29, 1.82) is 0 Å². The van der Waals surface area contributed by atoms with Gasteiger partial charge in [0.2, 0.25) is 5.91 Å². The molecule has 1 amide bonds. The maximum atomic E-state index is 12.0. The third-order valence-corrected chi connectivity index (χ3v) is 3.78. The molecule has 1 aromatic rings. The first-order valence-corrected chi connectivity index (χ1v) is 7.64. The summed E-state index contributed by atoms with van der Waals surface area (Å²) in [6.07, 6.45) is 2.15. The smallest absolute Gasteiger partial charge is 0.238 e. The Morgan fingerprint density at radius 1 is 1.26 bits per heavy atom. The third kappa shape index (κ3) is 5.74. The largest absolute Gasteiger partial charge is 0.325 e. The molecule has 3 nitrogen and oxygen atoms in total. The Morgan fingerprint density at radius 2 is 1.89 bits per heavy atom. The molecule has 0 saturated carbocycles. The minimum Gasteiger partial charge on any atom is -0.325 e. The average Bonchev–Trinajstić information content (AvgIpc) is 2.34. The number of hydrogen-bond acceptors (Lipinski definition) is 2. The molecule has 0 aliphatic carbocycles. The molecule has 1 aromatic carbocycles. The van der Waals surface area contributed by atoms with Gasteiger partial charge in [-0.1, -0.05) is 29.8 Å². The van der Waals surface area contributed by atoms with E-state index in [9.17, 15) is 4.79 Å². The molecule has 1 N–H and O–H groups in total. The van der Waals surface area contributed by atoms with E-state index in [0.29, 0.717) is 6.54 Å². The van der Waals surface area contributed by atoms with Crippen LogP contribution in [0.15, 0.2) is 22.7 Å². The lowest BCUT2D eigenvalue weighted by molar-refractivity contribution is -0.117. The highest BCUT2D eigenvalue weighted by Gasteiger charge is 2.09. The van der Waals surface area contributed by atoms with Crippen LogP contribution in [0.4, 0.5) is 5.69 Å². The van der Waals surface area contributed by atoms with Crippen LogP contribution in [-0.2, 0) is 4.79 Å². The summed E-state index contributed by atoms with van der Waals surface area (Å²) in [7, 11) is 0. The van der Waals surface area contributed by atoms with Crippen LogP contribution in [-0.4, -0.2) is 30.4 Å². The van der Waals surface area contributed by atoms with Crippen LogP contribution in [0.5, 0.6) is 0 Å². The van der Waals surface area contributed by atoms with Gasteiger partial charge in [-0.05, 0) is 56.6 Å². The van der Waals surface area contributed by atoms with Crippen LogP contribution in [0.2, 0.25) is 0 Å². The summed E-state index contributed by atoms with van der Waals surface area (Å²) in [6, 6.07) is 5.85. The topological polar surface area (TPSA) is 32.3 Å². The molecular formula is C15H23BrN2O. The van der Waals surface area contributed by atoms with E-state index in [-0.39, 0.29) is 5.91 Å². The number of nitrogens with one attached hydrogen (secondary N) is 1. The Balaban J connectivity index is 2.55. The Hall–Kier alpha value is -0.870. The molecule has 0 aromatic heterocycles. The maximum Gasteiger partial charge on any atom is 0.238 e. The number of benzene rings is 1. The Kier molecular flexibility index (Phi) is 7.10. The summed E-state index contributed by atoms with van der Waals surface area (Å²) in [4.78, 5) is 14.2. The fraction of sp³-hybridized carbons (Fsp3) is 0.533. The van der Waals surface area contributed by atoms with Gasteiger partial charge in [-0.2, -0.15) is 0 Å². The first-order chi connectivity index (χ1) is 9.06. The molecular weight excluding hydrogens is 304 g/mol. The standard InChI is InChI=1S/C15H23BrN2O/c1-4-8-18(9-5-2)11-15(19)17-13-6-7-14(16)12(3)10-13/h6-7,10H,4-5,8-9,11H2,1-3H3,(H,17,19). The Morgan fingerprint density at radius 3 is 2.42 bits per heavy atom. The van der Waals surface area contributed by atoms with Gasteiger partial charge in [-0.25, -0.2) is 0 Å². The van der Waals surface area contributed by atoms with Crippen molar-refractivity contribution in [1.82, 2.24) is 4.90 Å². The molecule has 19 heavy (non-hydrogen) atoms. The van der Waals surface area contributed by atoms with Crippen molar-refractivity contribution >= 4 is 27.5 Å². The van der Waals surface area contributed by atoms with Crippen molar-refractivity contribution in [3.8, 4) is 0 Å². The van der Waals surface area contributed by atoms with Crippen LogP contribution in [0.25, 0.3) is 0 Å². The van der Waals surface area contributed by atoms with E-state index < -0.39 is 0 Å². The van der Waals surface area contributed by atoms with Gasteiger partial charge < -0.3 is 5.32 Å². The van der Waals surface area contributed by atoms with Crippen molar-refractivity contribution in [2.75, 3.05) is 25.0 Å². The highest BCUT2D eigenvalue weighted by atomic mass is 79.9. The van der Waals surface area contributed by atoms with Crippen molar-refractivity contribution in [3.63, 3.8) is 0 Å². The lowest BCUT2D eigenvalue weighted by Crippen LogP contribution is -2.34. The quantitative estimate of drug-likeness (QED) is 0.826. The summed E-state index contributed by atoms with van der Waals surface area (Å²) >= 11 is 3.46. The molecule has 0 heterocycles. The number of carbonyl (C=O) groups is 1. The van der Waals surface area contributed by atoms with E-state index in [1.165, 1.54) is 0 Å². The molecule has 0 bridgehead atoms. The first-order valence-electron chi connectivity index (χ1n) is 6.85. The fourth-order valence-corrected chi connectivity index (χ4v) is 2.28.